The summed E-state index contributed by atoms with van der Waals surface area (Å²) < 4.78 is 0. The van der Waals surface area contributed by atoms with Crippen molar-refractivity contribution in [2.24, 2.45) is 0 Å². The Morgan fingerprint density at radius 2 is 1.75 bits per heavy atom. The number of anilines is 2. The summed E-state index contributed by atoms with van der Waals surface area (Å²) in [7, 11) is 0. The van der Waals surface area contributed by atoms with E-state index in [4.69, 9.17) is 11.6 Å². The smallest absolute Gasteiger partial charge is 0.238 e. The highest BCUT2D eigenvalue weighted by atomic mass is 35.5. The summed E-state index contributed by atoms with van der Waals surface area (Å²) in [5.41, 5.74) is 2.95. The van der Waals surface area contributed by atoms with Crippen LogP contribution < -0.4 is 10.6 Å². The van der Waals surface area contributed by atoms with Crippen molar-refractivity contribution in [2.75, 3.05) is 23.7 Å². The van der Waals surface area contributed by atoms with Gasteiger partial charge in [0.15, 0.2) is 0 Å². The van der Waals surface area contributed by atoms with Gasteiger partial charge in [-0.25, -0.2) is 4.98 Å². The summed E-state index contributed by atoms with van der Waals surface area (Å²) >= 11 is 5.84. The van der Waals surface area contributed by atoms with E-state index < -0.39 is 0 Å². The lowest BCUT2D eigenvalue weighted by Crippen LogP contribution is -2.37. The van der Waals surface area contributed by atoms with Gasteiger partial charge in [0.1, 0.15) is 11.0 Å². The Bertz CT molecular complexity index is 847. The van der Waals surface area contributed by atoms with Gasteiger partial charge >= 0.3 is 0 Å². The van der Waals surface area contributed by atoms with Gasteiger partial charge in [-0.15, -0.1) is 0 Å². The van der Waals surface area contributed by atoms with Crippen LogP contribution in [0.25, 0.3) is 0 Å². The Labute approximate surface area is 170 Å². The standard InChI is InChI=1S/C21H25ClN4O2/c1-14-5-3-6-15(2)21(14)25-20(28)13-26(16-9-10-16)12-11-19(27)24-18-8-4-7-17(22)23-18/h3-8,16H,9-13H2,1-2H3,(H,25,28)(H,23,24,27). The normalized spacial score (nSPS) is 13.4. The van der Waals surface area contributed by atoms with E-state index in [0.29, 0.717) is 30.0 Å². The first-order valence-corrected chi connectivity index (χ1v) is 9.82. The Morgan fingerprint density at radius 1 is 1.07 bits per heavy atom. The molecule has 2 amide bonds. The van der Waals surface area contributed by atoms with Gasteiger partial charge in [0.2, 0.25) is 11.8 Å². The zero-order valence-electron chi connectivity index (χ0n) is 16.2. The number of aromatic nitrogens is 1. The minimum atomic E-state index is -0.143. The van der Waals surface area contributed by atoms with E-state index in [1.54, 1.807) is 18.2 Å². The van der Waals surface area contributed by atoms with E-state index in [2.05, 4.69) is 20.5 Å². The number of halogens is 1. The lowest BCUT2D eigenvalue weighted by atomic mass is 10.1. The Kier molecular flexibility index (Phi) is 6.65. The van der Waals surface area contributed by atoms with Crippen LogP contribution in [0.1, 0.15) is 30.4 Å². The quantitative estimate of drug-likeness (QED) is 0.661. The number of pyridine rings is 1. The van der Waals surface area contributed by atoms with Crippen molar-refractivity contribution >= 4 is 34.9 Å². The van der Waals surface area contributed by atoms with Crippen LogP contribution >= 0.6 is 11.6 Å². The van der Waals surface area contributed by atoms with Crippen molar-refractivity contribution in [3.63, 3.8) is 0 Å². The van der Waals surface area contributed by atoms with Crippen LogP contribution in [0.5, 0.6) is 0 Å². The van der Waals surface area contributed by atoms with Crippen LogP contribution in [0, 0.1) is 13.8 Å². The molecule has 3 rings (SSSR count). The second-order valence-electron chi connectivity index (χ2n) is 7.16. The number of para-hydroxylation sites is 1. The van der Waals surface area contributed by atoms with Gasteiger partial charge in [0.25, 0.3) is 0 Å². The molecule has 0 radical (unpaired) electrons. The van der Waals surface area contributed by atoms with E-state index in [0.717, 1.165) is 29.7 Å². The number of amides is 2. The van der Waals surface area contributed by atoms with E-state index in [-0.39, 0.29) is 18.4 Å². The average molecular weight is 401 g/mol. The first kappa shape index (κ1) is 20.3. The molecule has 1 aromatic carbocycles. The van der Waals surface area contributed by atoms with Crippen LogP contribution in [0.15, 0.2) is 36.4 Å². The molecule has 6 nitrogen and oxygen atoms in total. The molecule has 1 aliphatic rings. The van der Waals surface area contributed by atoms with Gasteiger partial charge in [-0.3, -0.25) is 14.5 Å². The van der Waals surface area contributed by atoms with Crippen molar-refractivity contribution in [2.45, 2.75) is 39.2 Å². The van der Waals surface area contributed by atoms with Crippen molar-refractivity contribution in [1.82, 2.24) is 9.88 Å². The summed E-state index contributed by atoms with van der Waals surface area (Å²) in [6.07, 6.45) is 2.42. The maximum atomic E-state index is 12.6. The van der Waals surface area contributed by atoms with Crippen LogP contribution in [-0.2, 0) is 9.59 Å². The number of carbonyl (C=O) groups excluding carboxylic acids is 2. The number of carbonyl (C=O) groups is 2. The summed E-state index contributed by atoms with van der Waals surface area (Å²) in [6.45, 7) is 4.77. The summed E-state index contributed by atoms with van der Waals surface area (Å²) in [5, 5.41) is 6.10. The van der Waals surface area contributed by atoms with Gasteiger partial charge in [0.05, 0.1) is 6.54 Å². The fraction of sp³-hybridized carbons (Fsp3) is 0.381. The highest BCUT2D eigenvalue weighted by Crippen LogP contribution is 2.27. The molecule has 1 heterocycles. The number of aryl methyl sites for hydroxylation is 2. The molecule has 1 saturated carbocycles. The lowest BCUT2D eigenvalue weighted by Gasteiger charge is -2.21. The summed E-state index contributed by atoms with van der Waals surface area (Å²) in [5.74, 6) is 0.236. The number of hydrogen-bond acceptors (Lipinski definition) is 4. The van der Waals surface area contributed by atoms with Crippen molar-refractivity contribution in [3.8, 4) is 0 Å². The van der Waals surface area contributed by atoms with Gasteiger partial charge in [-0.2, -0.15) is 0 Å². The molecule has 0 aliphatic heterocycles. The maximum absolute atomic E-state index is 12.6. The predicted molar refractivity (Wildman–Crippen MR) is 112 cm³/mol. The van der Waals surface area contributed by atoms with Gasteiger partial charge < -0.3 is 10.6 Å². The predicted octanol–water partition coefficient (Wildman–Crippen LogP) is 3.78. The average Bonchev–Trinajstić information content (AvgIpc) is 3.47. The fourth-order valence-electron chi connectivity index (χ4n) is 3.13. The molecule has 0 bridgehead atoms. The molecule has 0 spiro atoms. The Hall–Kier alpha value is -2.44. The van der Waals surface area contributed by atoms with Crippen molar-refractivity contribution in [3.05, 3.63) is 52.7 Å². The molecule has 2 aromatic rings. The Balaban J connectivity index is 1.52. The molecule has 0 atom stereocenters. The monoisotopic (exact) mass is 400 g/mol. The zero-order valence-corrected chi connectivity index (χ0v) is 16.9. The van der Waals surface area contributed by atoms with E-state index in [9.17, 15) is 9.59 Å². The molecule has 28 heavy (non-hydrogen) atoms. The minimum absolute atomic E-state index is 0.0544. The second-order valence-corrected chi connectivity index (χ2v) is 7.55. The van der Waals surface area contributed by atoms with Crippen molar-refractivity contribution < 1.29 is 9.59 Å². The molecule has 0 saturated heterocycles. The zero-order chi connectivity index (χ0) is 20.1. The van der Waals surface area contributed by atoms with E-state index >= 15 is 0 Å². The fourth-order valence-corrected chi connectivity index (χ4v) is 3.30. The minimum Gasteiger partial charge on any atom is -0.324 e. The van der Waals surface area contributed by atoms with E-state index in [1.165, 1.54) is 0 Å². The van der Waals surface area contributed by atoms with Crippen LogP contribution in [-0.4, -0.2) is 40.8 Å². The third-order valence-corrected chi connectivity index (χ3v) is 4.97. The molecule has 7 heteroatoms. The van der Waals surface area contributed by atoms with Crippen LogP contribution in [0.2, 0.25) is 5.15 Å². The lowest BCUT2D eigenvalue weighted by molar-refractivity contribution is -0.119. The first-order valence-electron chi connectivity index (χ1n) is 9.45. The third kappa shape index (κ3) is 5.78. The van der Waals surface area contributed by atoms with Gasteiger partial charge in [-0.05, 0) is 49.9 Å². The molecule has 148 valence electrons. The number of nitrogens with zero attached hydrogens (tertiary/aromatic N) is 2. The van der Waals surface area contributed by atoms with E-state index in [1.807, 2.05) is 32.0 Å². The SMILES string of the molecule is Cc1cccc(C)c1NC(=O)CN(CCC(=O)Nc1cccc(Cl)n1)C1CC1. The number of benzene rings is 1. The Morgan fingerprint density at radius 3 is 2.39 bits per heavy atom. The molecule has 1 aromatic heterocycles. The van der Waals surface area contributed by atoms with Gasteiger partial charge in [-0.1, -0.05) is 35.9 Å². The molecule has 0 unspecified atom stereocenters. The second kappa shape index (κ2) is 9.17. The number of nitrogens with one attached hydrogen (secondary N) is 2. The topological polar surface area (TPSA) is 74.3 Å². The third-order valence-electron chi connectivity index (χ3n) is 4.76. The number of hydrogen-bond donors (Lipinski definition) is 2. The highest BCUT2D eigenvalue weighted by Gasteiger charge is 2.30. The molecular weight excluding hydrogens is 376 g/mol. The summed E-state index contributed by atoms with van der Waals surface area (Å²) in [4.78, 5) is 30.9. The summed E-state index contributed by atoms with van der Waals surface area (Å²) in [6, 6.07) is 11.4. The maximum Gasteiger partial charge on any atom is 0.238 e. The van der Waals surface area contributed by atoms with Gasteiger partial charge in [0, 0.05) is 24.7 Å². The van der Waals surface area contributed by atoms with Crippen molar-refractivity contribution in [1.29, 1.82) is 0 Å². The number of rotatable bonds is 8. The molecule has 1 fully saturated rings. The van der Waals surface area contributed by atoms with Crippen LogP contribution in [0.3, 0.4) is 0 Å². The molecular formula is C21H25ClN4O2. The first-order chi connectivity index (χ1) is 13.4. The van der Waals surface area contributed by atoms with Crippen LogP contribution in [0.4, 0.5) is 11.5 Å². The molecule has 2 N–H and O–H groups in total. The molecule has 1 aliphatic carbocycles. The highest BCUT2D eigenvalue weighted by molar-refractivity contribution is 6.29. The largest absolute Gasteiger partial charge is 0.324 e.